The maximum atomic E-state index is 12.4. The van der Waals surface area contributed by atoms with E-state index in [2.05, 4.69) is 51.8 Å². The number of tetrazole rings is 1. The Bertz CT molecular complexity index is 968. The van der Waals surface area contributed by atoms with E-state index in [0.717, 1.165) is 35.2 Å². The number of nitrogens with one attached hydrogen (secondary N) is 1. The fraction of sp³-hybridized carbons (Fsp3) is 0.417. The van der Waals surface area contributed by atoms with E-state index < -0.39 is 0 Å². The lowest BCUT2D eigenvalue weighted by molar-refractivity contribution is -0.115. The number of aromatic nitrogens is 4. The van der Waals surface area contributed by atoms with E-state index >= 15 is 0 Å². The highest BCUT2D eigenvalue weighted by molar-refractivity contribution is 5.92. The number of likely N-dealkylation sites (tertiary alicyclic amines) is 1. The van der Waals surface area contributed by atoms with Crippen molar-refractivity contribution in [1.82, 2.24) is 25.1 Å². The zero-order valence-electron chi connectivity index (χ0n) is 18.2. The lowest BCUT2D eigenvalue weighted by Crippen LogP contribution is -2.36. The number of hydrogen-bond donors (Lipinski definition) is 1. The second kappa shape index (κ2) is 9.83. The topological polar surface area (TPSA) is 75.9 Å². The van der Waals surface area contributed by atoms with Gasteiger partial charge in [0, 0.05) is 12.2 Å². The average molecular weight is 419 g/mol. The Kier molecular flexibility index (Phi) is 6.72. The average Bonchev–Trinajstić information content (AvgIpc) is 3.30. The Morgan fingerprint density at radius 1 is 1.10 bits per heavy atom. The first kappa shape index (κ1) is 21.2. The molecule has 3 aromatic rings. The van der Waals surface area contributed by atoms with E-state index in [-0.39, 0.29) is 5.91 Å². The summed E-state index contributed by atoms with van der Waals surface area (Å²) in [5.74, 6) is 1.55. The van der Waals surface area contributed by atoms with Crippen molar-refractivity contribution in [2.75, 3.05) is 25.5 Å². The molecule has 0 aliphatic carbocycles. The third-order valence-corrected chi connectivity index (χ3v) is 6.24. The van der Waals surface area contributed by atoms with Gasteiger partial charge in [-0.25, -0.2) is 4.68 Å². The van der Waals surface area contributed by atoms with Gasteiger partial charge in [-0.2, -0.15) is 0 Å². The Morgan fingerprint density at radius 3 is 2.52 bits per heavy atom. The number of benzene rings is 2. The first-order valence-electron chi connectivity index (χ1n) is 11.0. The number of nitrogens with zero attached hydrogens (tertiary/aromatic N) is 5. The highest BCUT2D eigenvalue weighted by atomic mass is 16.1. The van der Waals surface area contributed by atoms with Gasteiger partial charge in [0.1, 0.15) is 6.33 Å². The number of anilines is 1. The highest BCUT2D eigenvalue weighted by Crippen LogP contribution is 2.27. The number of rotatable bonds is 7. The van der Waals surface area contributed by atoms with Crippen molar-refractivity contribution >= 4 is 11.6 Å². The van der Waals surface area contributed by atoms with Crippen LogP contribution in [0.15, 0.2) is 54.9 Å². The molecule has 1 fully saturated rings. The van der Waals surface area contributed by atoms with Crippen LogP contribution in [0.4, 0.5) is 5.69 Å². The van der Waals surface area contributed by atoms with Gasteiger partial charge in [0.2, 0.25) is 5.91 Å². The van der Waals surface area contributed by atoms with Gasteiger partial charge in [-0.15, -0.1) is 5.10 Å². The van der Waals surface area contributed by atoms with E-state index in [1.807, 2.05) is 36.4 Å². The molecule has 7 nitrogen and oxygen atoms in total. The summed E-state index contributed by atoms with van der Waals surface area (Å²) in [7, 11) is 2.21. The molecule has 1 amide bonds. The van der Waals surface area contributed by atoms with Gasteiger partial charge in [-0.3, -0.25) is 4.79 Å². The summed E-state index contributed by atoms with van der Waals surface area (Å²) in [6.45, 7) is 4.79. The van der Waals surface area contributed by atoms with Crippen LogP contribution >= 0.6 is 0 Å². The van der Waals surface area contributed by atoms with Gasteiger partial charge in [-0.05, 0) is 90.5 Å². The molecule has 1 aliphatic heterocycles. The van der Waals surface area contributed by atoms with E-state index in [0.29, 0.717) is 6.42 Å². The lowest BCUT2D eigenvalue weighted by atomic mass is 9.83. The van der Waals surface area contributed by atoms with Crippen LogP contribution in [0.5, 0.6) is 0 Å². The van der Waals surface area contributed by atoms with E-state index in [1.165, 1.54) is 31.5 Å². The maximum Gasteiger partial charge on any atom is 0.228 e. The monoisotopic (exact) mass is 418 g/mol. The molecule has 4 rings (SSSR count). The molecular formula is C24H30N6O. The summed E-state index contributed by atoms with van der Waals surface area (Å²) in [6.07, 6.45) is 5.50. The van der Waals surface area contributed by atoms with Crippen LogP contribution in [0.1, 0.15) is 30.9 Å². The van der Waals surface area contributed by atoms with Gasteiger partial charge in [-0.1, -0.05) is 31.2 Å². The molecule has 1 aliphatic rings. The molecule has 162 valence electrons. The number of carbonyl (C=O) groups is 1. The normalized spacial score (nSPS) is 19.3. The van der Waals surface area contributed by atoms with Gasteiger partial charge in [0.25, 0.3) is 0 Å². The number of hydrogen-bond acceptors (Lipinski definition) is 5. The smallest absolute Gasteiger partial charge is 0.228 e. The van der Waals surface area contributed by atoms with Crippen molar-refractivity contribution in [1.29, 1.82) is 0 Å². The summed E-state index contributed by atoms with van der Waals surface area (Å²) in [5.41, 5.74) is 3.98. The summed E-state index contributed by atoms with van der Waals surface area (Å²) in [6, 6.07) is 15.9. The minimum absolute atomic E-state index is 0.0249. The van der Waals surface area contributed by atoms with Crippen LogP contribution in [0.2, 0.25) is 0 Å². The van der Waals surface area contributed by atoms with Crippen molar-refractivity contribution in [2.24, 2.45) is 11.8 Å². The molecular weight excluding hydrogens is 388 g/mol. The molecule has 2 atom stereocenters. The SMILES string of the molecule is C[C@@H]1CN(C)CC[C@@H]1CCc1ccc(NC(=O)Cc2ccc(-n3cnnn3)cc2)cc1. The summed E-state index contributed by atoms with van der Waals surface area (Å²) in [4.78, 5) is 14.9. The van der Waals surface area contributed by atoms with Crippen molar-refractivity contribution in [3.05, 3.63) is 66.0 Å². The van der Waals surface area contributed by atoms with Crippen LogP contribution in [0.25, 0.3) is 5.69 Å². The molecule has 1 aromatic heterocycles. The number of carbonyl (C=O) groups excluding carboxylic acids is 1. The Hall–Kier alpha value is -3.06. The molecule has 0 bridgehead atoms. The molecule has 0 unspecified atom stereocenters. The van der Waals surface area contributed by atoms with Crippen LogP contribution < -0.4 is 5.32 Å². The van der Waals surface area contributed by atoms with E-state index in [9.17, 15) is 4.79 Å². The van der Waals surface area contributed by atoms with Crippen molar-refractivity contribution < 1.29 is 4.79 Å². The van der Waals surface area contributed by atoms with Crippen LogP contribution in [-0.2, 0) is 17.6 Å². The zero-order chi connectivity index (χ0) is 21.6. The number of aryl methyl sites for hydroxylation is 1. The second-order valence-corrected chi connectivity index (χ2v) is 8.67. The highest BCUT2D eigenvalue weighted by Gasteiger charge is 2.23. The lowest BCUT2D eigenvalue weighted by Gasteiger charge is -2.34. The third-order valence-electron chi connectivity index (χ3n) is 6.24. The second-order valence-electron chi connectivity index (χ2n) is 8.67. The molecule has 0 saturated carbocycles. The predicted molar refractivity (Wildman–Crippen MR) is 121 cm³/mol. The number of piperidine rings is 1. The van der Waals surface area contributed by atoms with Crippen LogP contribution in [-0.4, -0.2) is 51.2 Å². The van der Waals surface area contributed by atoms with Gasteiger partial charge < -0.3 is 10.2 Å². The third kappa shape index (κ3) is 5.76. The fourth-order valence-electron chi connectivity index (χ4n) is 4.38. The van der Waals surface area contributed by atoms with Crippen molar-refractivity contribution in [2.45, 2.75) is 32.6 Å². The fourth-order valence-corrected chi connectivity index (χ4v) is 4.38. The Labute approximate surface area is 183 Å². The van der Waals surface area contributed by atoms with Gasteiger partial charge in [0.05, 0.1) is 12.1 Å². The standard InChI is InChI=1S/C24H30N6O/c1-18-16-29(2)14-13-21(18)8-3-19-4-9-22(10-5-19)26-24(31)15-20-6-11-23(12-7-20)30-17-25-27-28-30/h4-7,9-12,17-18,21H,3,8,13-16H2,1-2H3,(H,26,31)/t18-,21+/m1/s1. The summed E-state index contributed by atoms with van der Waals surface area (Å²) < 4.78 is 1.58. The molecule has 2 aromatic carbocycles. The van der Waals surface area contributed by atoms with Gasteiger partial charge >= 0.3 is 0 Å². The Balaban J connectivity index is 1.25. The molecule has 2 heterocycles. The van der Waals surface area contributed by atoms with E-state index in [4.69, 9.17) is 0 Å². The summed E-state index contributed by atoms with van der Waals surface area (Å²) in [5, 5.41) is 14.1. The van der Waals surface area contributed by atoms with Crippen LogP contribution in [0.3, 0.4) is 0 Å². The first-order chi connectivity index (χ1) is 15.1. The minimum atomic E-state index is -0.0249. The van der Waals surface area contributed by atoms with Gasteiger partial charge in [0.15, 0.2) is 0 Å². The minimum Gasteiger partial charge on any atom is -0.326 e. The zero-order valence-corrected chi connectivity index (χ0v) is 18.2. The van der Waals surface area contributed by atoms with E-state index in [1.54, 1.807) is 11.0 Å². The molecule has 0 radical (unpaired) electrons. The first-order valence-corrected chi connectivity index (χ1v) is 11.0. The quantitative estimate of drug-likeness (QED) is 0.637. The summed E-state index contributed by atoms with van der Waals surface area (Å²) >= 11 is 0. The Morgan fingerprint density at radius 2 is 1.84 bits per heavy atom. The molecule has 1 N–H and O–H groups in total. The van der Waals surface area contributed by atoms with Crippen molar-refractivity contribution in [3.8, 4) is 5.69 Å². The maximum absolute atomic E-state index is 12.4. The van der Waals surface area contributed by atoms with Crippen molar-refractivity contribution in [3.63, 3.8) is 0 Å². The largest absolute Gasteiger partial charge is 0.326 e. The predicted octanol–water partition coefficient (Wildman–Crippen LogP) is 3.36. The molecule has 1 saturated heterocycles. The molecule has 31 heavy (non-hydrogen) atoms. The molecule has 0 spiro atoms. The number of amides is 1. The van der Waals surface area contributed by atoms with Crippen LogP contribution in [0, 0.1) is 11.8 Å². The molecule has 7 heteroatoms.